The fraction of sp³-hybridized carbons (Fsp3) is 0.778. The molecule has 3 nitrogen and oxygen atoms in total. The molecule has 0 atom stereocenters. The molecule has 1 aromatic rings. The van der Waals surface area contributed by atoms with E-state index in [0.717, 1.165) is 5.82 Å². The molecule has 1 aromatic heterocycles. The highest BCUT2D eigenvalue weighted by Crippen LogP contribution is 2.20. The van der Waals surface area contributed by atoms with Gasteiger partial charge in [-0.3, -0.25) is 0 Å². The SMILES string of the molecule is CC(C)c1nsc(NC(C)(C)CF)n1. The van der Waals surface area contributed by atoms with E-state index in [2.05, 4.69) is 14.7 Å². The molecule has 0 fully saturated rings. The van der Waals surface area contributed by atoms with Crippen molar-refractivity contribution in [3.05, 3.63) is 5.82 Å². The molecule has 0 bridgehead atoms. The Labute approximate surface area is 87.9 Å². The van der Waals surface area contributed by atoms with Gasteiger partial charge in [0.1, 0.15) is 12.5 Å². The van der Waals surface area contributed by atoms with Crippen molar-refractivity contribution in [1.82, 2.24) is 9.36 Å². The van der Waals surface area contributed by atoms with Crippen LogP contribution in [0.4, 0.5) is 9.52 Å². The number of alkyl halides is 1. The van der Waals surface area contributed by atoms with Gasteiger partial charge in [-0.1, -0.05) is 13.8 Å². The lowest BCUT2D eigenvalue weighted by Crippen LogP contribution is -2.33. The average Bonchev–Trinajstić information content (AvgIpc) is 2.52. The lowest BCUT2D eigenvalue weighted by molar-refractivity contribution is 0.375. The van der Waals surface area contributed by atoms with Gasteiger partial charge in [0.25, 0.3) is 0 Å². The van der Waals surface area contributed by atoms with Crippen molar-refractivity contribution < 1.29 is 4.39 Å². The second-order valence-electron chi connectivity index (χ2n) is 4.25. The number of aromatic nitrogens is 2. The van der Waals surface area contributed by atoms with Crippen LogP contribution in [0.25, 0.3) is 0 Å². The van der Waals surface area contributed by atoms with Crippen LogP contribution in [0, 0.1) is 0 Å². The molecule has 1 N–H and O–H groups in total. The number of hydrogen-bond acceptors (Lipinski definition) is 4. The highest BCUT2D eigenvalue weighted by atomic mass is 32.1. The number of rotatable bonds is 4. The van der Waals surface area contributed by atoms with E-state index in [-0.39, 0.29) is 0 Å². The second kappa shape index (κ2) is 4.21. The van der Waals surface area contributed by atoms with Gasteiger partial charge in [0.15, 0.2) is 0 Å². The van der Waals surface area contributed by atoms with Crippen molar-refractivity contribution in [2.75, 3.05) is 12.0 Å². The van der Waals surface area contributed by atoms with Gasteiger partial charge in [-0.25, -0.2) is 9.37 Å². The van der Waals surface area contributed by atoms with Gasteiger partial charge in [0.2, 0.25) is 5.13 Å². The van der Waals surface area contributed by atoms with E-state index >= 15 is 0 Å². The third kappa shape index (κ3) is 2.90. The van der Waals surface area contributed by atoms with Crippen LogP contribution in [-0.4, -0.2) is 21.6 Å². The third-order valence-corrected chi connectivity index (χ3v) is 2.38. The standard InChI is InChI=1S/C9H16FN3S/c1-6(2)7-11-8(14-13-7)12-9(3,4)5-10/h6H,5H2,1-4H3,(H,11,12,13). The molecule has 0 saturated heterocycles. The van der Waals surface area contributed by atoms with Crippen LogP contribution in [0.5, 0.6) is 0 Å². The van der Waals surface area contributed by atoms with Gasteiger partial charge in [0, 0.05) is 17.5 Å². The zero-order valence-electron chi connectivity index (χ0n) is 8.97. The molecule has 1 rings (SSSR count). The third-order valence-electron chi connectivity index (χ3n) is 1.74. The van der Waals surface area contributed by atoms with Crippen LogP contribution < -0.4 is 5.32 Å². The zero-order valence-corrected chi connectivity index (χ0v) is 9.78. The van der Waals surface area contributed by atoms with E-state index in [1.807, 2.05) is 13.8 Å². The van der Waals surface area contributed by atoms with Crippen molar-refractivity contribution in [3.63, 3.8) is 0 Å². The summed E-state index contributed by atoms with van der Waals surface area (Å²) in [5, 5.41) is 3.70. The van der Waals surface area contributed by atoms with Gasteiger partial charge in [-0.05, 0) is 13.8 Å². The van der Waals surface area contributed by atoms with Crippen LogP contribution in [-0.2, 0) is 0 Å². The summed E-state index contributed by atoms with van der Waals surface area (Å²) < 4.78 is 16.7. The van der Waals surface area contributed by atoms with Crippen molar-refractivity contribution >= 4 is 16.7 Å². The Balaban J connectivity index is 2.69. The second-order valence-corrected chi connectivity index (χ2v) is 5.01. The van der Waals surface area contributed by atoms with Crippen molar-refractivity contribution in [3.8, 4) is 0 Å². The van der Waals surface area contributed by atoms with Gasteiger partial charge >= 0.3 is 0 Å². The monoisotopic (exact) mass is 217 g/mol. The molecule has 0 spiro atoms. The summed E-state index contributed by atoms with van der Waals surface area (Å²) in [4.78, 5) is 4.27. The highest BCUT2D eigenvalue weighted by molar-refractivity contribution is 7.09. The Morgan fingerprint density at radius 2 is 2.14 bits per heavy atom. The van der Waals surface area contributed by atoms with Crippen LogP contribution in [0.15, 0.2) is 0 Å². The topological polar surface area (TPSA) is 37.8 Å². The van der Waals surface area contributed by atoms with E-state index in [0.29, 0.717) is 11.0 Å². The molecule has 0 saturated carbocycles. The largest absolute Gasteiger partial charge is 0.353 e. The van der Waals surface area contributed by atoms with Gasteiger partial charge in [-0.2, -0.15) is 4.37 Å². The number of nitrogens with one attached hydrogen (secondary N) is 1. The zero-order chi connectivity index (χ0) is 10.8. The Kier molecular flexibility index (Phi) is 3.42. The fourth-order valence-corrected chi connectivity index (χ4v) is 1.73. The summed E-state index contributed by atoms with van der Waals surface area (Å²) in [6, 6.07) is 0. The first-order valence-electron chi connectivity index (χ1n) is 4.62. The summed E-state index contributed by atoms with van der Waals surface area (Å²) in [6.07, 6.45) is 0. The van der Waals surface area contributed by atoms with Crippen molar-refractivity contribution in [2.45, 2.75) is 39.2 Å². The van der Waals surface area contributed by atoms with Crippen LogP contribution in [0.2, 0.25) is 0 Å². The molecule has 0 aromatic carbocycles. The molecule has 0 unspecified atom stereocenters. The van der Waals surface area contributed by atoms with E-state index in [1.165, 1.54) is 11.5 Å². The smallest absolute Gasteiger partial charge is 0.203 e. The molecular weight excluding hydrogens is 201 g/mol. The maximum Gasteiger partial charge on any atom is 0.203 e. The van der Waals surface area contributed by atoms with E-state index in [1.54, 1.807) is 13.8 Å². The molecule has 0 aliphatic rings. The van der Waals surface area contributed by atoms with Crippen molar-refractivity contribution in [2.24, 2.45) is 0 Å². The molecule has 5 heteroatoms. The molecule has 1 heterocycles. The minimum atomic E-state index is -0.562. The molecule has 0 radical (unpaired) electrons. The predicted molar refractivity (Wildman–Crippen MR) is 57.7 cm³/mol. The maximum absolute atomic E-state index is 12.5. The summed E-state index contributed by atoms with van der Waals surface area (Å²) >= 11 is 1.28. The summed E-state index contributed by atoms with van der Waals surface area (Å²) in [5.41, 5.74) is -0.562. The average molecular weight is 217 g/mol. The van der Waals surface area contributed by atoms with Gasteiger partial charge < -0.3 is 5.32 Å². The normalized spacial score (nSPS) is 12.1. The molecule has 0 amide bonds. The Morgan fingerprint density at radius 1 is 1.50 bits per heavy atom. The first kappa shape index (κ1) is 11.4. The Bertz CT molecular complexity index is 296. The van der Waals surface area contributed by atoms with Crippen LogP contribution in [0.3, 0.4) is 0 Å². The van der Waals surface area contributed by atoms with Gasteiger partial charge in [-0.15, -0.1) is 0 Å². The van der Waals surface area contributed by atoms with Gasteiger partial charge in [0.05, 0.1) is 5.54 Å². The summed E-state index contributed by atoms with van der Waals surface area (Å²) in [5.74, 6) is 1.13. The lowest BCUT2D eigenvalue weighted by Gasteiger charge is -2.21. The first-order valence-corrected chi connectivity index (χ1v) is 5.40. The molecular formula is C9H16FN3S. The van der Waals surface area contributed by atoms with Crippen LogP contribution in [0.1, 0.15) is 39.4 Å². The summed E-state index contributed by atoms with van der Waals surface area (Å²) in [6.45, 7) is 7.23. The maximum atomic E-state index is 12.5. The molecule has 0 aliphatic carbocycles. The number of anilines is 1. The lowest BCUT2D eigenvalue weighted by atomic mass is 10.1. The minimum absolute atomic E-state index is 0.315. The number of halogens is 1. The summed E-state index contributed by atoms with van der Waals surface area (Å²) in [7, 11) is 0. The number of nitrogens with zero attached hydrogens (tertiary/aromatic N) is 2. The molecule has 14 heavy (non-hydrogen) atoms. The Hall–Kier alpha value is -0.710. The first-order chi connectivity index (χ1) is 6.44. The quantitative estimate of drug-likeness (QED) is 0.842. The van der Waals surface area contributed by atoms with E-state index < -0.39 is 12.2 Å². The van der Waals surface area contributed by atoms with E-state index in [4.69, 9.17) is 0 Å². The molecule has 0 aliphatic heterocycles. The number of hydrogen-bond donors (Lipinski definition) is 1. The fourth-order valence-electron chi connectivity index (χ4n) is 0.843. The minimum Gasteiger partial charge on any atom is -0.353 e. The predicted octanol–water partition coefficient (Wildman–Crippen LogP) is 2.82. The Morgan fingerprint density at radius 3 is 2.57 bits per heavy atom. The van der Waals surface area contributed by atoms with Crippen molar-refractivity contribution in [1.29, 1.82) is 0 Å². The van der Waals surface area contributed by atoms with Crippen LogP contribution >= 0.6 is 11.5 Å². The molecule has 80 valence electrons. The van der Waals surface area contributed by atoms with E-state index in [9.17, 15) is 4.39 Å². The highest BCUT2D eigenvalue weighted by Gasteiger charge is 2.19.